The fourth-order valence-electron chi connectivity index (χ4n) is 1.43. The van der Waals surface area contributed by atoms with Crippen molar-refractivity contribution in [2.75, 3.05) is 6.67 Å². The van der Waals surface area contributed by atoms with Gasteiger partial charge in [0.2, 0.25) is 0 Å². The first kappa shape index (κ1) is 10.3. The third kappa shape index (κ3) is 3.61. The van der Waals surface area contributed by atoms with Crippen molar-refractivity contribution < 1.29 is 13.9 Å². The lowest BCUT2D eigenvalue weighted by atomic mass is 10.3. The molecule has 0 aromatic heterocycles. The van der Waals surface area contributed by atoms with Crippen molar-refractivity contribution in [2.24, 2.45) is 0 Å². The molecule has 76 valence electrons. The van der Waals surface area contributed by atoms with E-state index < -0.39 is 18.8 Å². The summed E-state index contributed by atoms with van der Waals surface area (Å²) in [5, 5.41) is 2.42. The second-order valence-corrected chi connectivity index (χ2v) is 3.51. The van der Waals surface area contributed by atoms with E-state index in [0.29, 0.717) is 0 Å². The van der Waals surface area contributed by atoms with E-state index in [1.54, 1.807) is 6.92 Å². The molecule has 1 aliphatic rings. The van der Waals surface area contributed by atoms with Crippen LogP contribution < -0.4 is 5.32 Å². The minimum absolute atomic E-state index is 0.0480. The number of hydrogen-bond acceptors (Lipinski definition) is 2. The molecule has 1 rings (SSSR count). The molecule has 0 radical (unpaired) electrons. The average Bonchev–Trinajstić information content (AvgIpc) is 2.56. The van der Waals surface area contributed by atoms with Crippen molar-refractivity contribution in [3.63, 3.8) is 0 Å². The van der Waals surface area contributed by atoms with E-state index in [-0.39, 0.29) is 6.10 Å². The van der Waals surface area contributed by atoms with E-state index >= 15 is 0 Å². The first-order valence-electron chi connectivity index (χ1n) is 4.75. The van der Waals surface area contributed by atoms with Crippen LogP contribution in [-0.2, 0) is 4.74 Å². The summed E-state index contributed by atoms with van der Waals surface area (Å²) in [5.41, 5.74) is 0. The van der Waals surface area contributed by atoms with Crippen LogP contribution in [0, 0.1) is 0 Å². The topological polar surface area (TPSA) is 38.3 Å². The fraction of sp³-hybridized carbons (Fsp3) is 0.889. The highest BCUT2D eigenvalue weighted by molar-refractivity contribution is 5.67. The predicted molar refractivity (Wildman–Crippen MR) is 47.3 cm³/mol. The zero-order chi connectivity index (χ0) is 9.68. The SMILES string of the molecule is CC(CF)NC(=O)OC1CCCC1. The molecule has 0 heterocycles. The number of carbonyl (C=O) groups is 1. The Morgan fingerprint density at radius 3 is 2.77 bits per heavy atom. The Bertz CT molecular complexity index is 169. The van der Waals surface area contributed by atoms with Gasteiger partial charge in [-0.15, -0.1) is 0 Å². The van der Waals surface area contributed by atoms with E-state index in [4.69, 9.17) is 4.74 Å². The molecule has 0 saturated heterocycles. The number of nitrogens with one attached hydrogen (secondary N) is 1. The van der Waals surface area contributed by atoms with Gasteiger partial charge in [-0.3, -0.25) is 0 Å². The van der Waals surface area contributed by atoms with Crippen molar-refractivity contribution in [1.82, 2.24) is 5.32 Å². The molecule has 4 heteroatoms. The maximum absolute atomic E-state index is 12.0. The molecule has 1 fully saturated rings. The highest BCUT2D eigenvalue weighted by Crippen LogP contribution is 2.20. The lowest BCUT2D eigenvalue weighted by Crippen LogP contribution is -2.36. The molecule has 1 saturated carbocycles. The van der Waals surface area contributed by atoms with Crippen molar-refractivity contribution in [1.29, 1.82) is 0 Å². The number of rotatable bonds is 3. The minimum atomic E-state index is -0.556. The van der Waals surface area contributed by atoms with Gasteiger partial charge in [0, 0.05) is 0 Å². The molecule has 1 amide bonds. The third-order valence-electron chi connectivity index (χ3n) is 2.17. The zero-order valence-corrected chi connectivity index (χ0v) is 7.88. The van der Waals surface area contributed by atoms with Crippen LogP contribution in [0.15, 0.2) is 0 Å². The Hall–Kier alpha value is -0.800. The Balaban J connectivity index is 2.16. The smallest absolute Gasteiger partial charge is 0.407 e. The lowest BCUT2D eigenvalue weighted by molar-refractivity contribution is 0.0973. The third-order valence-corrected chi connectivity index (χ3v) is 2.17. The van der Waals surface area contributed by atoms with E-state index in [1.165, 1.54) is 0 Å². The quantitative estimate of drug-likeness (QED) is 0.737. The molecule has 0 bridgehead atoms. The van der Waals surface area contributed by atoms with Crippen LogP contribution in [0.4, 0.5) is 9.18 Å². The molecular weight excluding hydrogens is 173 g/mol. The molecule has 0 aromatic carbocycles. The number of carbonyl (C=O) groups excluding carboxylic acids is 1. The van der Waals surface area contributed by atoms with Crippen LogP contribution in [0.25, 0.3) is 0 Å². The number of hydrogen-bond donors (Lipinski definition) is 1. The summed E-state index contributed by atoms with van der Waals surface area (Å²) in [6.07, 6.45) is 3.69. The Morgan fingerprint density at radius 2 is 2.23 bits per heavy atom. The van der Waals surface area contributed by atoms with Crippen LogP contribution in [0.2, 0.25) is 0 Å². The van der Waals surface area contributed by atoms with Gasteiger partial charge in [0.05, 0.1) is 6.04 Å². The number of ether oxygens (including phenoxy) is 1. The maximum atomic E-state index is 12.0. The van der Waals surface area contributed by atoms with Crippen LogP contribution in [0.5, 0.6) is 0 Å². The highest BCUT2D eigenvalue weighted by atomic mass is 19.1. The fourth-order valence-corrected chi connectivity index (χ4v) is 1.43. The van der Waals surface area contributed by atoms with Crippen LogP contribution in [-0.4, -0.2) is 24.9 Å². The van der Waals surface area contributed by atoms with Gasteiger partial charge in [0.25, 0.3) is 0 Å². The Kier molecular flexibility index (Phi) is 3.99. The lowest BCUT2D eigenvalue weighted by Gasteiger charge is -2.14. The largest absolute Gasteiger partial charge is 0.446 e. The van der Waals surface area contributed by atoms with Gasteiger partial charge in [0.1, 0.15) is 12.8 Å². The normalized spacial score (nSPS) is 19.8. The van der Waals surface area contributed by atoms with Crippen molar-refractivity contribution in [3.05, 3.63) is 0 Å². The van der Waals surface area contributed by atoms with E-state index in [9.17, 15) is 9.18 Å². The second kappa shape index (κ2) is 5.04. The summed E-state index contributed by atoms with van der Waals surface area (Å²) >= 11 is 0. The Morgan fingerprint density at radius 1 is 1.62 bits per heavy atom. The van der Waals surface area contributed by atoms with Crippen LogP contribution in [0.1, 0.15) is 32.6 Å². The van der Waals surface area contributed by atoms with Gasteiger partial charge in [-0.2, -0.15) is 0 Å². The maximum Gasteiger partial charge on any atom is 0.407 e. The molecule has 0 spiro atoms. The van der Waals surface area contributed by atoms with Crippen molar-refractivity contribution >= 4 is 6.09 Å². The van der Waals surface area contributed by atoms with Gasteiger partial charge in [-0.1, -0.05) is 0 Å². The minimum Gasteiger partial charge on any atom is -0.446 e. The zero-order valence-electron chi connectivity index (χ0n) is 7.88. The van der Waals surface area contributed by atoms with Gasteiger partial charge in [-0.05, 0) is 32.6 Å². The monoisotopic (exact) mass is 189 g/mol. The molecule has 0 aliphatic heterocycles. The molecule has 0 aromatic rings. The summed E-state index contributed by atoms with van der Waals surface area (Å²) in [7, 11) is 0. The van der Waals surface area contributed by atoms with Gasteiger partial charge in [0.15, 0.2) is 0 Å². The van der Waals surface area contributed by atoms with Gasteiger partial charge in [-0.25, -0.2) is 9.18 Å². The average molecular weight is 189 g/mol. The number of halogens is 1. The van der Waals surface area contributed by atoms with Crippen LogP contribution in [0.3, 0.4) is 0 Å². The number of alkyl halides is 1. The van der Waals surface area contributed by atoms with Gasteiger partial charge >= 0.3 is 6.09 Å². The summed E-state index contributed by atoms with van der Waals surface area (Å²) in [4.78, 5) is 11.1. The summed E-state index contributed by atoms with van der Waals surface area (Å²) in [5.74, 6) is 0. The summed E-state index contributed by atoms with van der Waals surface area (Å²) in [6, 6.07) is -0.450. The molecule has 1 aliphatic carbocycles. The standard InChI is InChI=1S/C9H16FNO2/c1-7(6-10)11-9(12)13-8-4-2-3-5-8/h7-8H,2-6H2,1H3,(H,11,12). The second-order valence-electron chi connectivity index (χ2n) is 3.51. The molecule has 3 nitrogen and oxygen atoms in total. The summed E-state index contributed by atoms with van der Waals surface area (Å²) in [6.45, 7) is 1.05. The number of amides is 1. The molecule has 1 atom stereocenters. The first-order chi connectivity index (χ1) is 6.22. The predicted octanol–water partition coefficient (Wildman–Crippen LogP) is 2.01. The first-order valence-corrected chi connectivity index (χ1v) is 4.75. The molecule has 1 N–H and O–H groups in total. The Labute approximate surface area is 77.6 Å². The molecule has 13 heavy (non-hydrogen) atoms. The van der Waals surface area contributed by atoms with Crippen molar-refractivity contribution in [2.45, 2.75) is 44.8 Å². The number of alkyl carbamates (subject to hydrolysis) is 1. The molecule has 1 unspecified atom stereocenters. The van der Waals surface area contributed by atoms with Gasteiger partial charge < -0.3 is 10.1 Å². The van der Waals surface area contributed by atoms with Crippen molar-refractivity contribution in [3.8, 4) is 0 Å². The van der Waals surface area contributed by atoms with E-state index in [0.717, 1.165) is 25.7 Å². The highest BCUT2D eigenvalue weighted by Gasteiger charge is 2.19. The molecular formula is C9H16FNO2. The van der Waals surface area contributed by atoms with E-state index in [1.807, 2.05) is 0 Å². The summed E-state index contributed by atoms with van der Waals surface area (Å²) < 4.78 is 17.1. The van der Waals surface area contributed by atoms with E-state index in [2.05, 4.69) is 5.32 Å². The van der Waals surface area contributed by atoms with Crippen LogP contribution >= 0.6 is 0 Å².